The number of tetrazole rings is 1. The molecular weight excluding hydrogens is 430 g/mol. The van der Waals surface area contributed by atoms with E-state index in [0.29, 0.717) is 22.9 Å². The molecule has 1 unspecified atom stereocenters. The van der Waals surface area contributed by atoms with Crippen molar-refractivity contribution in [2.45, 2.75) is 31.8 Å². The summed E-state index contributed by atoms with van der Waals surface area (Å²) in [5.74, 6) is 1.49. The Hall–Kier alpha value is -2.69. The Morgan fingerprint density at radius 1 is 1.00 bits per heavy atom. The van der Waals surface area contributed by atoms with E-state index in [1.165, 1.54) is 11.0 Å². The highest BCUT2D eigenvalue weighted by Gasteiger charge is 2.38. The topological polar surface area (TPSA) is 109 Å². The van der Waals surface area contributed by atoms with E-state index in [1.807, 2.05) is 12.1 Å². The van der Waals surface area contributed by atoms with Crippen molar-refractivity contribution in [3.63, 3.8) is 0 Å². The maximum absolute atomic E-state index is 10.7. The van der Waals surface area contributed by atoms with Crippen molar-refractivity contribution in [3.8, 4) is 5.82 Å². The van der Waals surface area contributed by atoms with E-state index in [0.717, 1.165) is 63.2 Å². The zero-order chi connectivity index (χ0) is 22.0. The predicted molar refractivity (Wildman–Crippen MR) is 119 cm³/mol. The molecule has 11 heteroatoms. The molecule has 2 aliphatic rings. The van der Waals surface area contributed by atoms with Crippen molar-refractivity contribution in [2.24, 2.45) is 5.41 Å². The third kappa shape index (κ3) is 4.57. The van der Waals surface area contributed by atoms with Gasteiger partial charge < -0.3 is 14.9 Å². The van der Waals surface area contributed by atoms with Gasteiger partial charge in [-0.05, 0) is 60.7 Å². The first-order chi connectivity index (χ1) is 15.6. The molecule has 0 saturated carbocycles. The van der Waals surface area contributed by atoms with Crippen LogP contribution in [0.4, 0.5) is 5.82 Å². The van der Waals surface area contributed by atoms with E-state index < -0.39 is 6.10 Å². The molecule has 0 radical (unpaired) electrons. The lowest BCUT2D eigenvalue weighted by atomic mass is 9.71. The third-order valence-corrected chi connectivity index (χ3v) is 7.01. The summed E-state index contributed by atoms with van der Waals surface area (Å²) in [6.45, 7) is 4.59. The molecule has 0 bridgehead atoms. The van der Waals surface area contributed by atoms with Gasteiger partial charge in [-0.2, -0.15) is 4.68 Å². The molecule has 32 heavy (non-hydrogen) atoms. The van der Waals surface area contributed by atoms with Gasteiger partial charge in [-0.3, -0.25) is 4.98 Å². The van der Waals surface area contributed by atoms with Crippen molar-refractivity contribution < 1.29 is 5.11 Å². The zero-order valence-corrected chi connectivity index (χ0v) is 18.5. The summed E-state index contributed by atoms with van der Waals surface area (Å²) in [5.41, 5.74) is 1.19. The Kier molecular flexibility index (Phi) is 5.99. The number of hydrogen-bond acceptors (Lipinski definition) is 9. The first kappa shape index (κ1) is 21.2. The van der Waals surface area contributed by atoms with Crippen LogP contribution in [0.3, 0.4) is 0 Å². The summed E-state index contributed by atoms with van der Waals surface area (Å²) in [5, 5.41) is 22.2. The highest BCUT2D eigenvalue weighted by molar-refractivity contribution is 6.29. The molecule has 10 nitrogen and oxygen atoms in total. The highest BCUT2D eigenvalue weighted by Crippen LogP contribution is 2.42. The SMILES string of the molecule is OC(CN1CCC2(CC1)CCN(c1cncc(Cl)n1)CC2)c1ccc(-n2cnnn2)nc1. The molecule has 0 aromatic carbocycles. The molecule has 5 rings (SSSR count). The number of anilines is 1. The molecule has 1 atom stereocenters. The predicted octanol–water partition coefficient (Wildman–Crippen LogP) is 1.92. The van der Waals surface area contributed by atoms with Crippen LogP contribution in [-0.2, 0) is 0 Å². The number of nitrogens with zero attached hydrogens (tertiary/aromatic N) is 9. The quantitative estimate of drug-likeness (QED) is 0.616. The number of rotatable bonds is 5. The molecular formula is C21H26ClN9O. The number of aliphatic hydroxyl groups excluding tert-OH is 1. The van der Waals surface area contributed by atoms with Gasteiger partial charge in [0.1, 0.15) is 17.3 Å². The normalized spacial score (nSPS) is 19.9. The number of likely N-dealkylation sites (tertiary alicyclic amines) is 1. The molecule has 2 fully saturated rings. The minimum atomic E-state index is -0.567. The van der Waals surface area contributed by atoms with Crippen LogP contribution in [0.2, 0.25) is 5.15 Å². The van der Waals surface area contributed by atoms with Gasteiger partial charge in [-0.1, -0.05) is 17.7 Å². The summed E-state index contributed by atoms with van der Waals surface area (Å²) in [6.07, 6.45) is 10.6. The number of aromatic nitrogens is 7. The van der Waals surface area contributed by atoms with Crippen LogP contribution in [0.15, 0.2) is 37.1 Å². The average Bonchev–Trinajstić information content (AvgIpc) is 3.36. The average molecular weight is 456 g/mol. The van der Waals surface area contributed by atoms with Gasteiger partial charge >= 0.3 is 0 Å². The Morgan fingerprint density at radius 2 is 1.78 bits per heavy atom. The first-order valence-corrected chi connectivity index (χ1v) is 11.3. The third-order valence-electron chi connectivity index (χ3n) is 6.83. The van der Waals surface area contributed by atoms with E-state index in [1.54, 1.807) is 18.6 Å². The van der Waals surface area contributed by atoms with Crippen LogP contribution >= 0.6 is 11.6 Å². The van der Waals surface area contributed by atoms with Crippen LogP contribution in [0, 0.1) is 5.41 Å². The lowest BCUT2D eigenvalue weighted by Crippen LogP contribution is -2.47. The molecule has 2 saturated heterocycles. The maximum atomic E-state index is 10.7. The standard InChI is InChI=1S/C21H26ClN9O/c22-18-12-23-13-20(26-18)30-9-5-21(6-10-30)3-7-29(8-4-21)14-17(32)16-1-2-19(24-11-16)31-15-25-27-28-31/h1-2,11-13,15,17,32H,3-10,14H2. The fourth-order valence-electron chi connectivity index (χ4n) is 4.75. The molecule has 1 N–H and O–H groups in total. The van der Waals surface area contributed by atoms with Gasteiger partial charge in [0.25, 0.3) is 0 Å². The molecule has 0 amide bonds. The monoisotopic (exact) mass is 455 g/mol. The second-order valence-electron chi connectivity index (χ2n) is 8.71. The van der Waals surface area contributed by atoms with Gasteiger partial charge in [-0.15, -0.1) is 5.10 Å². The summed E-state index contributed by atoms with van der Waals surface area (Å²) in [4.78, 5) is 17.6. The number of β-amino-alcohol motifs (C(OH)–C–C–N with tert-alkyl or cyclic N) is 1. The minimum absolute atomic E-state index is 0.388. The number of piperidine rings is 2. The van der Waals surface area contributed by atoms with Gasteiger partial charge in [0.15, 0.2) is 5.82 Å². The summed E-state index contributed by atoms with van der Waals surface area (Å²) in [6, 6.07) is 3.70. The van der Waals surface area contributed by atoms with Crippen LogP contribution in [0.1, 0.15) is 37.4 Å². The molecule has 3 aromatic heterocycles. The molecule has 2 aliphatic heterocycles. The minimum Gasteiger partial charge on any atom is -0.387 e. The van der Waals surface area contributed by atoms with Crippen LogP contribution in [0.5, 0.6) is 0 Å². The van der Waals surface area contributed by atoms with Crippen LogP contribution in [0.25, 0.3) is 5.82 Å². The molecule has 3 aromatic rings. The molecule has 5 heterocycles. The van der Waals surface area contributed by atoms with Gasteiger partial charge in [0, 0.05) is 31.4 Å². The van der Waals surface area contributed by atoms with Crippen molar-refractivity contribution in [3.05, 3.63) is 47.8 Å². The largest absolute Gasteiger partial charge is 0.387 e. The van der Waals surface area contributed by atoms with Crippen molar-refractivity contribution in [1.82, 2.24) is 40.1 Å². The zero-order valence-electron chi connectivity index (χ0n) is 17.8. The summed E-state index contributed by atoms with van der Waals surface area (Å²) < 4.78 is 1.49. The fraction of sp³-hybridized carbons (Fsp3) is 0.524. The van der Waals surface area contributed by atoms with E-state index in [2.05, 4.69) is 40.3 Å². The van der Waals surface area contributed by atoms with Gasteiger partial charge in [-0.25, -0.2) is 9.97 Å². The molecule has 0 aliphatic carbocycles. The van der Waals surface area contributed by atoms with E-state index in [9.17, 15) is 5.11 Å². The van der Waals surface area contributed by atoms with Gasteiger partial charge in [0.05, 0.1) is 18.5 Å². The number of halogens is 1. The van der Waals surface area contributed by atoms with E-state index >= 15 is 0 Å². The smallest absolute Gasteiger partial charge is 0.156 e. The summed E-state index contributed by atoms with van der Waals surface area (Å²) in [7, 11) is 0. The van der Waals surface area contributed by atoms with Crippen molar-refractivity contribution >= 4 is 17.4 Å². The lowest BCUT2D eigenvalue weighted by Gasteiger charge is -2.47. The Labute approximate surface area is 191 Å². The van der Waals surface area contributed by atoms with Crippen molar-refractivity contribution in [1.29, 1.82) is 0 Å². The second kappa shape index (κ2) is 9.05. The summed E-state index contributed by atoms with van der Waals surface area (Å²) >= 11 is 6.00. The Bertz CT molecular complexity index is 1010. The fourth-order valence-corrected chi connectivity index (χ4v) is 4.89. The Balaban J connectivity index is 1.12. The number of aliphatic hydroxyl groups is 1. The maximum Gasteiger partial charge on any atom is 0.156 e. The van der Waals surface area contributed by atoms with Gasteiger partial charge in [0.2, 0.25) is 0 Å². The molecule has 168 valence electrons. The first-order valence-electron chi connectivity index (χ1n) is 10.9. The Morgan fingerprint density at radius 3 is 2.44 bits per heavy atom. The highest BCUT2D eigenvalue weighted by atomic mass is 35.5. The van der Waals surface area contributed by atoms with E-state index in [-0.39, 0.29) is 0 Å². The number of pyridine rings is 1. The van der Waals surface area contributed by atoms with Crippen LogP contribution in [-0.4, -0.2) is 77.9 Å². The van der Waals surface area contributed by atoms with E-state index in [4.69, 9.17) is 11.6 Å². The molecule has 1 spiro atoms. The second-order valence-corrected chi connectivity index (χ2v) is 9.09. The van der Waals surface area contributed by atoms with Crippen molar-refractivity contribution in [2.75, 3.05) is 37.6 Å². The number of hydrogen-bond donors (Lipinski definition) is 1. The van der Waals surface area contributed by atoms with Crippen LogP contribution < -0.4 is 4.90 Å². The lowest BCUT2D eigenvalue weighted by molar-refractivity contribution is 0.0448.